The minimum absolute atomic E-state index is 0.229. The molecule has 0 atom stereocenters. The van der Waals surface area contributed by atoms with E-state index in [1.54, 1.807) is 0 Å². The SMILES string of the molecule is NS(=O)(=O)Oc1c(-c2ccccc2)cccc1-c1ccccc1. The molecule has 0 saturated heterocycles. The highest BCUT2D eigenvalue weighted by molar-refractivity contribution is 7.84. The summed E-state index contributed by atoms with van der Waals surface area (Å²) in [4.78, 5) is 0. The summed E-state index contributed by atoms with van der Waals surface area (Å²) in [7, 11) is -4.14. The first-order chi connectivity index (χ1) is 11.0. The Morgan fingerprint density at radius 1 is 0.652 bits per heavy atom. The largest absolute Gasteiger partial charge is 0.380 e. The molecule has 0 saturated carbocycles. The van der Waals surface area contributed by atoms with Crippen LogP contribution in [-0.4, -0.2) is 8.42 Å². The molecule has 0 bridgehead atoms. The molecule has 3 rings (SSSR count). The van der Waals surface area contributed by atoms with Gasteiger partial charge in [-0.2, -0.15) is 13.6 Å². The van der Waals surface area contributed by atoms with Gasteiger partial charge in [0.25, 0.3) is 0 Å². The molecule has 2 N–H and O–H groups in total. The molecule has 0 aliphatic carbocycles. The Morgan fingerprint density at radius 3 is 1.48 bits per heavy atom. The maximum absolute atomic E-state index is 11.5. The zero-order valence-corrected chi connectivity index (χ0v) is 13.0. The van der Waals surface area contributed by atoms with E-state index in [2.05, 4.69) is 0 Å². The predicted octanol–water partition coefficient (Wildman–Crippen LogP) is 3.60. The van der Waals surface area contributed by atoms with Gasteiger partial charge in [0.1, 0.15) is 0 Å². The van der Waals surface area contributed by atoms with Crippen molar-refractivity contribution in [2.75, 3.05) is 0 Å². The molecule has 0 spiro atoms. The van der Waals surface area contributed by atoms with Crippen molar-refractivity contribution in [2.45, 2.75) is 0 Å². The van der Waals surface area contributed by atoms with Crippen molar-refractivity contribution in [2.24, 2.45) is 5.14 Å². The summed E-state index contributed by atoms with van der Waals surface area (Å²) >= 11 is 0. The van der Waals surface area contributed by atoms with Gasteiger partial charge in [-0.3, -0.25) is 0 Å². The van der Waals surface area contributed by atoms with Crippen LogP contribution in [0.1, 0.15) is 0 Å². The molecule has 0 radical (unpaired) electrons. The predicted molar refractivity (Wildman–Crippen MR) is 91.0 cm³/mol. The second-order valence-electron chi connectivity index (χ2n) is 4.99. The molecule has 3 aromatic carbocycles. The van der Waals surface area contributed by atoms with E-state index in [1.165, 1.54) is 0 Å². The Labute approximate surface area is 135 Å². The number of para-hydroxylation sites is 1. The highest BCUT2D eigenvalue weighted by Crippen LogP contribution is 2.39. The first-order valence-electron chi connectivity index (χ1n) is 7.01. The summed E-state index contributed by atoms with van der Waals surface area (Å²) in [6, 6.07) is 24.3. The van der Waals surface area contributed by atoms with E-state index in [4.69, 9.17) is 9.32 Å². The first kappa shape index (κ1) is 15.3. The van der Waals surface area contributed by atoms with Gasteiger partial charge in [-0.15, -0.1) is 0 Å². The van der Waals surface area contributed by atoms with Crippen LogP contribution in [0.3, 0.4) is 0 Å². The molecule has 5 heteroatoms. The van der Waals surface area contributed by atoms with Gasteiger partial charge < -0.3 is 4.18 Å². The second-order valence-corrected chi connectivity index (χ2v) is 6.14. The zero-order valence-electron chi connectivity index (χ0n) is 12.2. The number of hydrogen-bond donors (Lipinski definition) is 1. The fraction of sp³-hybridized carbons (Fsp3) is 0. The lowest BCUT2D eigenvalue weighted by Gasteiger charge is -2.14. The van der Waals surface area contributed by atoms with Crippen LogP contribution < -0.4 is 9.32 Å². The third kappa shape index (κ3) is 3.59. The summed E-state index contributed by atoms with van der Waals surface area (Å²) in [6.07, 6.45) is 0. The van der Waals surface area contributed by atoms with E-state index < -0.39 is 10.3 Å². The topological polar surface area (TPSA) is 69.4 Å². The molecule has 0 fully saturated rings. The number of rotatable bonds is 4. The normalized spacial score (nSPS) is 11.2. The van der Waals surface area contributed by atoms with Gasteiger partial charge in [-0.05, 0) is 11.1 Å². The monoisotopic (exact) mass is 325 g/mol. The smallest absolute Gasteiger partial charge is 0.370 e. The van der Waals surface area contributed by atoms with Crippen molar-refractivity contribution in [1.82, 2.24) is 0 Å². The molecule has 23 heavy (non-hydrogen) atoms. The van der Waals surface area contributed by atoms with E-state index in [1.807, 2.05) is 78.9 Å². The molecule has 0 unspecified atom stereocenters. The Kier molecular flexibility index (Phi) is 4.14. The lowest BCUT2D eigenvalue weighted by atomic mass is 9.97. The number of hydrogen-bond acceptors (Lipinski definition) is 3. The maximum atomic E-state index is 11.5. The van der Waals surface area contributed by atoms with Crippen LogP contribution >= 0.6 is 0 Å². The quantitative estimate of drug-likeness (QED) is 0.797. The van der Waals surface area contributed by atoms with Crippen molar-refractivity contribution in [3.05, 3.63) is 78.9 Å². The maximum Gasteiger partial charge on any atom is 0.380 e. The van der Waals surface area contributed by atoms with Crippen LogP contribution in [0, 0.1) is 0 Å². The van der Waals surface area contributed by atoms with Crippen molar-refractivity contribution in [3.8, 4) is 28.0 Å². The first-order valence-corrected chi connectivity index (χ1v) is 8.48. The second kappa shape index (κ2) is 6.24. The minimum Gasteiger partial charge on any atom is -0.370 e. The average Bonchev–Trinajstić information content (AvgIpc) is 2.55. The Bertz CT molecular complexity index is 850. The number of benzene rings is 3. The molecule has 0 aliphatic heterocycles. The molecule has 116 valence electrons. The molecule has 0 aromatic heterocycles. The van der Waals surface area contributed by atoms with Gasteiger partial charge in [0.15, 0.2) is 5.75 Å². The molecule has 0 amide bonds. The summed E-state index contributed by atoms with van der Waals surface area (Å²) in [5.41, 5.74) is 3.04. The minimum atomic E-state index is -4.14. The standard InChI is InChI=1S/C18H15NO3S/c19-23(20,21)22-18-16(14-8-3-1-4-9-14)12-7-13-17(18)15-10-5-2-6-11-15/h1-13H,(H2,19,20,21). The van der Waals surface area contributed by atoms with Crippen LogP contribution in [0.5, 0.6) is 5.75 Å². The van der Waals surface area contributed by atoms with Crippen LogP contribution in [0.4, 0.5) is 0 Å². The summed E-state index contributed by atoms with van der Waals surface area (Å²) < 4.78 is 28.2. The Hall–Kier alpha value is -2.63. The fourth-order valence-electron chi connectivity index (χ4n) is 2.43. The van der Waals surface area contributed by atoms with Crippen molar-refractivity contribution >= 4 is 10.3 Å². The van der Waals surface area contributed by atoms with E-state index >= 15 is 0 Å². The lowest BCUT2D eigenvalue weighted by molar-refractivity contribution is 0.489. The third-order valence-corrected chi connectivity index (χ3v) is 3.78. The van der Waals surface area contributed by atoms with Gasteiger partial charge in [0.2, 0.25) is 0 Å². The molecule has 3 aromatic rings. The third-order valence-electron chi connectivity index (χ3n) is 3.38. The zero-order chi connectivity index (χ0) is 16.3. The van der Waals surface area contributed by atoms with Crippen molar-refractivity contribution < 1.29 is 12.6 Å². The number of nitrogens with two attached hydrogens (primary N) is 1. The average molecular weight is 325 g/mol. The highest BCUT2D eigenvalue weighted by Gasteiger charge is 2.17. The van der Waals surface area contributed by atoms with Gasteiger partial charge in [-0.25, -0.2) is 0 Å². The van der Waals surface area contributed by atoms with Crippen LogP contribution in [0.15, 0.2) is 78.9 Å². The van der Waals surface area contributed by atoms with Crippen LogP contribution in [0.2, 0.25) is 0 Å². The van der Waals surface area contributed by atoms with Crippen molar-refractivity contribution in [1.29, 1.82) is 0 Å². The Morgan fingerprint density at radius 2 is 1.09 bits per heavy atom. The fourth-order valence-corrected chi connectivity index (χ4v) is 2.84. The summed E-state index contributed by atoms with van der Waals surface area (Å²) in [6.45, 7) is 0. The Balaban J connectivity index is 2.25. The highest BCUT2D eigenvalue weighted by atomic mass is 32.2. The molecular formula is C18H15NO3S. The molecule has 0 heterocycles. The van der Waals surface area contributed by atoms with Gasteiger partial charge in [0.05, 0.1) is 0 Å². The van der Waals surface area contributed by atoms with Gasteiger partial charge >= 0.3 is 10.3 Å². The van der Waals surface area contributed by atoms with E-state index in [0.29, 0.717) is 11.1 Å². The summed E-state index contributed by atoms with van der Waals surface area (Å²) in [5.74, 6) is 0.229. The van der Waals surface area contributed by atoms with Crippen molar-refractivity contribution in [3.63, 3.8) is 0 Å². The van der Waals surface area contributed by atoms with E-state index in [-0.39, 0.29) is 5.75 Å². The van der Waals surface area contributed by atoms with Crippen LogP contribution in [0.25, 0.3) is 22.3 Å². The van der Waals surface area contributed by atoms with Crippen LogP contribution in [-0.2, 0) is 10.3 Å². The molecular weight excluding hydrogens is 310 g/mol. The molecule has 4 nitrogen and oxygen atoms in total. The van der Waals surface area contributed by atoms with E-state index in [9.17, 15) is 8.42 Å². The molecule has 0 aliphatic rings. The van der Waals surface area contributed by atoms with Gasteiger partial charge in [0, 0.05) is 11.1 Å². The lowest BCUT2D eigenvalue weighted by Crippen LogP contribution is -2.19. The summed E-state index contributed by atoms with van der Waals surface area (Å²) in [5, 5.41) is 5.11. The van der Waals surface area contributed by atoms with E-state index in [0.717, 1.165) is 11.1 Å². The van der Waals surface area contributed by atoms with Gasteiger partial charge in [-0.1, -0.05) is 78.9 Å².